The maximum Gasteiger partial charge on any atom is 0.343 e. The van der Waals surface area contributed by atoms with E-state index in [-0.39, 0.29) is 5.97 Å². The Balaban J connectivity index is 1.67. The molecule has 0 aliphatic rings. The van der Waals surface area contributed by atoms with Gasteiger partial charge in [0.05, 0.1) is 18.8 Å². The van der Waals surface area contributed by atoms with Crippen LogP contribution < -0.4 is 9.47 Å². The number of unbranched alkanes of at least 4 members (excludes halogenated alkanes) is 3. The van der Waals surface area contributed by atoms with E-state index in [0.29, 0.717) is 41.4 Å². The summed E-state index contributed by atoms with van der Waals surface area (Å²) in [6.45, 7) is 6.11. The van der Waals surface area contributed by atoms with Gasteiger partial charge in [0, 0.05) is 11.6 Å². The first-order valence-corrected chi connectivity index (χ1v) is 10.6. The average molecular weight is 453 g/mol. The van der Waals surface area contributed by atoms with Gasteiger partial charge in [-0.3, -0.25) is 0 Å². The summed E-state index contributed by atoms with van der Waals surface area (Å²) in [6, 6.07) is 13.2. The number of hydrogen-bond acceptors (Lipinski definition) is 6. The topological polar surface area (TPSA) is 99.1 Å². The molecule has 33 heavy (non-hydrogen) atoms. The second kappa shape index (κ2) is 13.5. The highest BCUT2D eigenvalue weighted by Crippen LogP contribution is 2.17. The third-order valence-corrected chi connectivity index (χ3v) is 4.49. The SMILES string of the molecule is C=C(C)C(=O)OCCCCCCOc1ccc(C(=O)Oc2ccc(/C=C/C(=O)O)cc2)cc1. The molecule has 0 saturated heterocycles. The van der Waals surface area contributed by atoms with Crippen LogP contribution in [0.5, 0.6) is 11.5 Å². The summed E-state index contributed by atoms with van der Waals surface area (Å²) in [7, 11) is 0. The number of carboxylic acids is 1. The smallest absolute Gasteiger partial charge is 0.343 e. The van der Waals surface area contributed by atoms with E-state index in [1.807, 2.05) is 0 Å². The molecular weight excluding hydrogens is 424 g/mol. The van der Waals surface area contributed by atoms with Gasteiger partial charge in [-0.15, -0.1) is 0 Å². The Morgan fingerprint density at radius 3 is 2.09 bits per heavy atom. The van der Waals surface area contributed by atoms with E-state index < -0.39 is 11.9 Å². The quantitative estimate of drug-likeness (QED) is 0.196. The number of benzene rings is 2. The molecule has 7 heteroatoms. The number of esters is 2. The fourth-order valence-electron chi connectivity index (χ4n) is 2.70. The van der Waals surface area contributed by atoms with Gasteiger partial charge in [-0.25, -0.2) is 14.4 Å². The predicted molar refractivity (Wildman–Crippen MR) is 124 cm³/mol. The summed E-state index contributed by atoms with van der Waals surface area (Å²) in [5, 5.41) is 8.64. The third kappa shape index (κ3) is 9.86. The highest BCUT2D eigenvalue weighted by molar-refractivity contribution is 5.91. The molecule has 0 unspecified atom stereocenters. The molecule has 0 aliphatic carbocycles. The van der Waals surface area contributed by atoms with Crippen molar-refractivity contribution in [3.8, 4) is 11.5 Å². The Morgan fingerprint density at radius 2 is 1.48 bits per heavy atom. The van der Waals surface area contributed by atoms with Crippen LogP contribution >= 0.6 is 0 Å². The zero-order valence-corrected chi connectivity index (χ0v) is 18.6. The molecule has 0 amide bonds. The maximum atomic E-state index is 12.3. The number of hydrogen-bond donors (Lipinski definition) is 1. The second-order valence-electron chi connectivity index (χ2n) is 7.33. The van der Waals surface area contributed by atoms with Gasteiger partial charge in [-0.1, -0.05) is 18.7 Å². The Hall–Kier alpha value is -3.87. The minimum absolute atomic E-state index is 0.353. The van der Waals surface area contributed by atoms with E-state index in [9.17, 15) is 14.4 Å². The summed E-state index contributed by atoms with van der Waals surface area (Å²) < 4.78 is 16.1. The normalized spacial score (nSPS) is 10.6. The minimum Gasteiger partial charge on any atom is -0.494 e. The van der Waals surface area contributed by atoms with Gasteiger partial charge in [0.15, 0.2) is 0 Å². The van der Waals surface area contributed by atoms with Crippen molar-refractivity contribution in [1.82, 2.24) is 0 Å². The summed E-state index contributed by atoms with van der Waals surface area (Å²) in [4.78, 5) is 34.1. The predicted octanol–water partition coefficient (Wildman–Crippen LogP) is 5.06. The summed E-state index contributed by atoms with van der Waals surface area (Å²) in [5.41, 5.74) is 1.48. The molecule has 174 valence electrons. The van der Waals surface area contributed by atoms with Gasteiger partial charge < -0.3 is 19.3 Å². The lowest BCUT2D eigenvalue weighted by atomic mass is 10.2. The number of ether oxygens (including phenoxy) is 3. The Kier molecular flexibility index (Phi) is 10.4. The first-order valence-electron chi connectivity index (χ1n) is 10.6. The standard InChI is InChI=1S/C26H28O7/c1-19(2)25(29)32-18-6-4-3-5-17-31-22-14-10-21(11-15-22)26(30)33-23-12-7-20(8-13-23)9-16-24(27)28/h7-16H,1,3-6,17-18H2,2H3,(H,27,28)/b16-9+. The average Bonchev–Trinajstić information content (AvgIpc) is 2.80. The number of rotatable bonds is 13. The van der Waals surface area contributed by atoms with E-state index in [1.165, 1.54) is 6.08 Å². The van der Waals surface area contributed by atoms with Crippen LogP contribution in [0.25, 0.3) is 6.08 Å². The van der Waals surface area contributed by atoms with E-state index in [0.717, 1.165) is 31.8 Å². The molecule has 0 saturated carbocycles. The Labute approximate surface area is 193 Å². The Morgan fingerprint density at radius 1 is 0.879 bits per heavy atom. The lowest BCUT2D eigenvalue weighted by molar-refractivity contribution is -0.139. The van der Waals surface area contributed by atoms with Gasteiger partial charge in [0.25, 0.3) is 0 Å². The molecule has 0 spiro atoms. The molecular formula is C26H28O7. The molecule has 0 aliphatic heterocycles. The van der Waals surface area contributed by atoms with Crippen molar-refractivity contribution >= 4 is 24.0 Å². The molecule has 1 N–H and O–H groups in total. The highest BCUT2D eigenvalue weighted by atomic mass is 16.5. The van der Waals surface area contributed by atoms with Crippen LogP contribution in [0.2, 0.25) is 0 Å². The second-order valence-corrected chi connectivity index (χ2v) is 7.33. The van der Waals surface area contributed by atoms with Crippen molar-refractivity contribution < 1.29 is 33.7 Å². The minimum atomic E-state index is -1.03. The number of aliphatic carboxylic acids is 1. The lowest BCUT2D eigenvalue weighted by Gasteiger charge is -2.08. The number of carbonyl (C=O) groups is 3. The van der Waals surface area contributed by atoms with Crippen molar-refractivity contribution in [2.24, 2.45) is 0 Å². The number of carbonyl (C=O) groups excluding carboxylic acids is 2. The first kappa shape index (κ1) is 25.4. The molecule has 0 heterocycles. The fourth-order valence-corrected chi connectivity index (χ4v) is 2.70. The van der Waals surface area contributed by atoms with Gasteiger partial charge in [0.2, 0.25) is 0 Å². The van der Waals surface area contributed by atoms with Crippen molar-refractivity contribution in [2.75, 3.05) is 13.2 Å². The monoisotopic (exact) mass is 452 g/mol. The molecule has 0 bridgehead atoms. The van der Waals surface area contributed by atoms with Crippen LogP contribution in [-0.4, -0.2) is 36.2 Å². The molecule has 2 rings (SSSR count). The summed E-state index contributed by atoms with van der Waals surface area (Å²) in [6.07, 6.45) is 6.06. The molecule has 0 radical (unpaired) electrons. The van der Waals surface area contributed by atoms with E-state index in [4.69, 9.17) is 19.3 Å². The van der Waals surface area contributed by atoms with Gasteiger partial charge in [0.1, 0.15) is 11.5 Å². The zero-order chi connectivity index (χ0) is 24.1. The largest absolute Gasteiger partial charge is 0.494 e. The molecule has 0 atom stereocenters. The first-order chi connectivity index (χ1) is 15.8. The molecule has 0 aromatic heterocycles. The van der Waals surface area contributed by atoms with Crippen LogP contribution in [0.3, 0.4) is 0 Å². The van der Waals surface area contributed by atoms with Gasteiger partial charge in [-0.2, -0.15) is 0 Å². The van der Waals surface area contributed by atoms with Crippen molar-refractivity contribution in [2.45, 2.75) is 32.6 Å². The number of carboxylic acid groups (broad SMARTS) is 1. The van der Waals surface area contributed by atoms with Crippen LogP contribution in [-0.2, 0) is 14.3 Å². The van der Waals surface area contributed by atoms with Crippen LogP contribution in [0.4, 0.5) is 0 Å². The molecule has 0 fully saturated rings. The van der Waals surface area contributed by atoms with Gasteiger partial charge >= 0.3 is 17.9 Å². The zero-order valence-electron chi connectivity index (χ0n) is 18.6. The molecule has 2 aromatic rings. The molecule has 2 aromatic carbocycles. The van der Waals surface area contributed by atoms with Crippen LogP contribution in [0.1, 0.15) is 48.5 Å². The Bertz CT molecular complexity index is 973. The summed E-state index contributed by atoms with van der Waals surface area (Å²) in [5.74, 6) is -0.854. The van der Waals surface area contributed by atoms with E-state index >= 15 is 0 Å². The molecule has 7 nitrogen and oxygen atoms in total. The third-order valence-electron chi connectivity index (χ3n) is 4.49. The van der Waals surface area contributed by atoms with Crippen LogP contribution in [0, 0.1) is 0 Å². The van der Waals surface area contributed by atoms with Gasteiger partial charge in [-0.05, 0) is 80.6 Å². The van der Waals surface area contributed by atoms with Crippen molar-refractivity contribution in [3.63, 3.8) is 0 Å². The maximum absolute atomic E-state index is 12.3. The highest BCUT2D eigenvalue weighted by Gasteiger charge is 2.09. The van der Waals surface area contributed by atoms with Crippen LogP contribution in [0.15, 0.2) is 66.8 Å². The summed E-state index contributed by atoms with van der Waals surface area (Å²) >= 11 is 0. The lowest BCUT2D eigenvalue weighted by Crippen LogP contribution is -2.08. The van der Waals surface area contributed by atoms with E-state index in [2.05, 4.69) is 6.58 Å². The van der Waals surface area contributed by atoms with E-state index in [1.54, 1.807) is 55.5 Å². The fraction of sp³-hybridized carbons (Fsp3) is 0.269. The van der Waals surface area contributed by atoms with Crippen molar-refractivity contribution in [3.05, 3.63) is 77.9 Å². The van der Waals surface area contributed by atoms with Crippen molar-refractivity contribution in [1.29, 1.82) is 0 Å².